The van der Waals surface area contributed by atoms with Gasteiger partial charge in [-0.05, 0) is 73.5 Å². The maximum absolute atomic E-state index is 12.0. The summed E-state index contributed by atoms with van der Waals surface area (Å²) >= 11 is 0. The van der Waals surface area contributed by atoms with Gasteiger partial charge in [0.05, 0.1) is 20.3 Å². The highest BCUT2D eigenvalue weighted by Crippen LogP contribution is 2.61. The highest BCUT2D eigenvalue weighted by Gasteiger charge is 2.56. The Bertz CT molecular complexity index is 518. The standard InChI is InChI=1S/C20H32O5/c1-20-9-8-13-14(16(20)6-7-17(20)21)5-4-12(10-18(22)24-2)15(13)11-19(23)25-3/h12-17,21H,4-11H2,1-3H3. The lowest BCUT2D eigenvalue weighted by Crippen LogP contribution is -2.49. The van der Waals surface area contributed by atoms with Crippen molar-refractivity contribution >= 4 is 11.9 Å². The van der Waals surface area contributed by atoms with Crippen LogP contribution in [0.2, 0.25) is 0 Å². The molecule has 7 unspecified atom stereocenters. The number of esters is 2. The summed E-state index contributed by atoms with van der Waals surface area (Å²) in [4.78, 5) is 23.9. The molecule has 0 aromatic heterocycles. The van der Waals surface area contributed by atoms with Gasteiger partial charge in [0.25, 0.3) is 0 Å². The first kappa shape index (κ1) is 18.7. The van der Waals surface area contributed by atoms with Crippen LogP contribution in [0.5, 0.6) is 0 Å². The number of hydrogen-bond acceptors (Lipinski definition) is 5. The molecule has 3 rings (SSSR count). The Hall–Kier alpha value is -1.10. The third-order valence-electron chi connectivity index (χ3n) is 7.76. The van der Waals surface area contributed by atoms with Crippen LogP contribution in [0.25, 0.3) is 0 Å². The molecule has 0 aliphatic heterocycles. The summed E-state index contributed by atoms with van der Waals surface area (Å²) < 4.78 is 9.82. The lowest BCUT2D eigenvalue weighted by atomic mass is 9.51. The third kappa shape index (κ3) is 3.32. The first-order valence-corrected chi connectivity index (χ1v) is 9.72. The van der Waals surface area contributed by atoms with Gasteiger partial charge in [-0.3, -0.25) is 9.59 Å². The molecule has 0 aromatic rings. The molecule has 5 nitrogen and oxygen atoms in total. The number of carbonyl (C=O) groups excluding carboxylic acids is 2. The smallest absolute Gasteiger partial charge is 0.305 e. The maximum Gasteiger partial charge on any atom is 0.305 e. The van der Waals surface area contributed by atoms with Crippen molar-refractivity contribution in [2.45, 2.75) is 64.4 Å². The maximum atomic E-state index is 12.0. The number of methoxy groups -OCH3 is 2. The predicted octanol–water partition coefficient (Wildman–Crippen LogP) is 2.94. The van der Waals surface area contributed by atoms with Crippen molar-refractivity contribution in [2.75, 3.05) is 14.2 Å². The second kappa shape index (κ2) is 7.26. The Morgan fingerprint density at radius 1 is 0.960 bits per heavy atom. The van der Waals surface area contributed by atoms with E-state index in [1.54, 1.807) is 0 Å². The molecule has 3 aliphatic rings. The van der Waals surface area contributed by atoms with E-state index < -0.39 is 0 Å². The van der Waals surface area contributed by atoms with Crippen molar-refractivity contribution in [1.82, 2.24) is 0 Å². The molecular weight excluding hydrogens is 320 g/mol. The van der Waals surface area contributed by atoms with Crippen molar-refractivity contribution in [3.8, 4) is 0 Å². The topological polar surface area (TPSA) is 72.8 Å². The SMILES string of the molecule is COC(=O)CC1CCC2C(CCC3(C)C(O)CCC23)C1CC(=O)OC. The van der Waals surface area contributed by atoms with Gasteiger partial charge < -0.3 is 14.6 Å². The minimum atomic E-state index is -0.190. The molecule has 5 heteroatoms. The molecule has 0 bridgehead atoms. The lowest BCUT2D eigenvalue weighted by molar-refractivity contribution is -0.150. The van der Waals surface area contributed by atoms with E-state index in [1.807, 2.05) is 0 Å². The average Bonchev–Trinajstić information content (AvgIpc) is 2.91. The number of rotatable bonds is 4. The quantitative estimate of drug-likeness (QED) is 0.788. The van der Waals surface area contributed by atoms with Crippen LogP contribution < -0.4 is 0 Å². The largest absolute Gasteiger partial charge is 0.469 e. The summed E-state index contributed by atoms with van der Waals surface area (Å²) in [6, 6.07) is 0. The van der Waals surface area contributed by atoms with Gasteiger partial charge in [-0.2, -0.15) is 0 Å². The molecular formula is C20H32O5. The average molecular weight is 352 g/mol. The van der Waals surface area contributed by atoms with Gasteiger partial charge in [-0.1, -0.05) is 6.92 Å². The molecule has 0 saturated heterocycles. The predicted molar refractivity (Wildman–Crippen MR) is 92.5 cm³/mol. The number of aliphatic hydroxyl groups excluding tert-OH is 1. The van der Waals surface area contributed by atoms with E-state index in [9.17, 15) is 14.7 Å². The van der Waals surface area contributed by atoms with Crippen molar-refractivity contribution in [1.29, 1.82) is 0 Å². The molecule has 0 spiro atoms. The van der Waals surface area contributed by atoms with Gasteiger partial charge in [0.15, 0.2) is 0 Å². The molecule has 0 amide bonds. The normalized spacial score (nSPS) is 43.0. The second-order valence-corrected chi connectivity index (χ2v) is 8.63. The van der Waals surface area contributed by atoms with Crippen molar-refractivity contribution in [2.24, 2.45) is 35.0 Å². The van der Waals surface area contributed by atoms with Crippen molar-refractivity contribution < 1.29 is 24.2 Å². The summed E-state index contributed by atoms with van der Waals surface area (Å²) in [6.45, 7) is 2.25. The number of ether oxygens (including phenoxy) is 2. The van der Waals surface area contributed by atoms with Crippen LogP contribution in [0.1, 0.15) is 58.3 Å². The Morgan fingerprint density at radius 3 is 2.32 bits per heavy atom. The Balaban J connectivity index is 1.81. The monoisotopic (exact) mass is 352 g/mol. The van der Waals surface area contributed by atoms with Crippen LogP contribution in [0, 0.1) is 35.0 Å². The number of carbonyl (C=O) groups is 2. The lowest BCUT2D eigenvalue weighted by Gasteiger charge is -2.53. The minimum Gasteiger partial charge on any atom is -0.469 e. The van der Waals surface area contributed by atoms with E-state index in [0.29, 0.717) is 30.6 Å². The van der Waals surface area contributed by atoms with Gasteiger partial charge in [0, 0.05) is 12.8 Å². The summed E-state index contributed by atoms with van der Waals surface area (Å²) in [5.74, 6) is 1.57. The van der Waals surface area contributed by atoms with E-state index in [4.69, 9.17) is 9.47 Å². The van der Waals surface area contributed by atoms with Crippen LogP contribution in [0.4, 0.5) is 0 Å². The zero-order valence-electron chi connectivity index (χ0n) is 15.7. The minimum absolute atomic E-state index is 0.0339. The Labute approximate surface area is 150 Å². The van der Waals surface area contributed by atoms with E-state index in [-0.39, 0.29) is 35.3 Å². The van der Waals surface area contributed by atoms with Crippen molar-refractivity contribution in [3.63, 3.8) is 0 Å². The number of fused-ring (bicyclic) bond motifs is 3. The third-order valence-corrected chi connectivity index (χ3v) is 7.76. The van der Waals surface area contributed by atoms with E-state index >= 15 is 0 Å². The number of aliphatic hydroxyl groups is 1. The fourth-order valence-electron chi connectivity index (χ4n) is 6.35. The molecule has 7 atom stereocenters. The van der Waals surface area contributed by atoms with Crippen molar-refractivity contribution in [3.05, 3.63) is 0 Å². The first-order valence-electron chi connectivity index (χ1n) is 9.72. The molecule has 25 heavy (non-hydrogen) atoms. The highest BCUT2D eigenvalue weighted by atomic mass is 16.5. The number of hydrogen-bond donors (Lipinski definition) is 1. The highest BCUT2D eigenvalue weighted by molar-refractivity contribution is 5.71. The zero-order valence-corrected chi connectivity index (χ0v) is 15.7. The van der Waals surface area contributed by atoms with Crippen LogP contribution in [0.15, 0.2) is 0 Å². The van der Waals surface area contributed by atoms with E-state index in [1.165, 1.54) is 14.2 Å². The van der Waals surface area contributed by atoms with Crippen LogP contribution >= 0.6 is 0 Å². The zero-order chi connectivity index (χ0) is 18.2. The molecule has 3 aliphatic carbocycles. The fraction of sp³-hybridized carbons (Fsp3) is 0.900. The molecule has 0 radical (unpaired) electrons. The first-order chi connectivity index (χ1) is 11.9. The van der Waals surface area contributed by atoms with Gasteiger partial charge in [0.2, 0.25) is 0 Å². The van der Waals surface area contributed by atoms with E-state index in [2.05, 4.69) is 6.92 Å². The second-order valence-electron chi connectivity index (χ2n) is 8.63. The molecule has 142 valence electrons. The molecule has 3 fully saturated rings. The van der Waals surface area contributed by atoms with Gasteiger partial charge in [-0.15, -0.1) is 0 Å². The van der Waals surface area contributed by atoms with Crippen LogP contribution in [0.3, 0.4) is 0 Å². The molecule has 0 heterocycles. The summed E-state index contributed by atoms with van der Waals surface area (Å²) in [5, 5.41) is 10.5. The molecule has 1 N–H and O–H groups in total. The van der Waals surface area contributed by atoms with Gasteiger partial charge in [0.1, 0.15) is 0 Å². The van der Waals surface area contributed by atoms with E-state index in [0.717, 1.165) is 38.5 Å². The summed E-state index contributed by atoms with van der Waals surface area (Å²) in [6.07, 6.45) is 6.69. The fourth-order valence-corrected chi connectivity index (χ4v) is 6.35. The molecule has 3 saturated carbocycles. The summed E-state index contributed by atoms with van der Waals surface area (Å²) in [5.41, 5.74) is 0.0339. The summed E-state index contributed by atoms with van der Waals surface area (Å²) in [7, 11) is 2.86. The van der Waals surface area contributed by atoms with Crippen LogP contribution in [-0.4, -0.2) is 37.4 Å². The Morgan fingerprint density at radius 2 is 1.64 bits per heavy atom. The molecule has 0 aromatic carbocycles. The van der Waals surface area contributed by atoms with Gasteiger partial charge in [-0.25, -0.2) is 0 Å². The Kier molecular flexibility index (Phi) is 5.42. The van der Waals surface area contributed by atoms with Crippen LogP contribution in [-0.2, 0) is 19.1 Å². The van der Waals surface area contributed by atoms with Gasteiger partial charge >= 0.3 is 11.9 Å².